The third kappa shape index (κ3) is 3.08. The molecule has 0 spiro atoms. The van der Waals surface area contributed by atoms with Crippen LogP contribution in [0.3, 0.4) is 0 Å². The zero-order valence-electron chi connectivity index (χ0n) is 13.2. The highest BCUT2D eigenvalue weighted by Crippen LogP contribution is 2.38. The van der Waals surface area contributed by atoms with Gasteiger partial charge in [0, 0.05) is 18.3 Å². The predicted octanol–water partition coefficient (Wildman–Crippen LogP) is 2.79. The molecular formula is C16H22N4S. The number of fused-ring (bicyclic) bond motifs is 1. The second-order valence-electron chi connectivity index (χ2n) is 6.00. The topological polar surface area (TPSA) is 53.6 Å². The molecule has 0 aliphatic carbocycles. The maximum absolute atomic E-state index is 5.37. The first kappa shape index (κ1) is 15.5. The number of nitrogens with one attached hydrogen (secondary N) is 1. The van der Waals surface area contributed by atoms with Crippen LogP contribution in [0.25, 0.3) is 5.57 Å². The number of nitrogens with zero attached hydrogens (tertiary/aromatic N) is 2. The average Bonchev–Trinajstić information content (AvgIpc) is 2.36. The van der Waals surface area contributed by atoms with Crippen LogP contribution in [0.15, 0.2) is 23.3 Å². The predicted molar refractivity (Wildman–Crippen MR) is 94.8 cm³/mol. The van der Waals surface area contributed by atoms with E-state index >= 15 is 0 Å². The van der Waals surface area contributed by atoms with Crippen molar-refractivity contribution in [2.24, 2.45) is 10.8 Å². The Morgan fingerprint density at radius 2 is 2.05 bits per heavy atom. The van der Waals surface area contributed by atoms with Crippen molar-refractivity contribution in [1.82, 2.24) is 5.43 Å². The van der Waals surface area contributed by atoms with E-state index in [4.69, 9.17) is 18.0 Å². The smallest absolute Gasteiger partial charge is 0.184 e. The van der Waals surface area contributed by atoms with Gasteiger partial charge in [0.25, 0.3) is 0 Å². The van der Waals surface area contributed by atoms with Crippen molar-refractivity contribution in [2.75, 3.05) is 11.9 Å². The fourth-order valence-corrected chi connectivity index (χ4v) is 2.67. The Balaban J connectivity index is 2.46. The Bertz CT molecular complexity index is 644. The molecule has 0 bridgehead atoms. The van der Waals surface area contributed by atoms with Crippen molar-refractivity contribution in [1.29, 1.82) is 0 Å². The van der Waals surface area contributed by atoms with E-state index in [0.717, 1.165) is 5.56 Å². The molecule has 0 saturated carbocycles. The molecule has 21 heavy (non-hydrogen) atoms. The number of nitrogens with two attached hydrogens (primary N) is 1. The molecule has 0 amide bonds. The Kier molecular flexibility index (Phi) is 4.05. The van der Waals surface area contributed by atoms with Gasteiger partial charge in [-0.1, -0.05) is 6.08 Å². The number of hydrogen-bond acceptors (Lipinski definition) is 3. The van der Waals surface area contributed by atoms with Crippen molar-refractivity contribution in [3.63, 3.8) is 0 Å². The van der Waals surface area contributed by atoms with Crippen LogP contribution < -0.4 is 16.1 Å². The Labute approximate surface area is 131 Å². The van der Waals surface area contributed by atoms with Crippen molar-refractivity contribution < 1.29 is 0 Å². The minimum atomic E-state index is 0.0203. The standard InChI is InChI=1S/C16H22N4S/c1-10-6-14-13(7-12(10)9-18-19-15(17)21)11(2)8-16(3,4)20(14)5/h6-9H,1-5H3,(H3,17,19,21)/b18-9+. The molecule has 0 aromatic heterocycles. The number of hydrogen-bond donors (Lipinski definition) is 2. The normalized spacial score (nSPS) is 16.6. The van der Waals surface area contributed by atoms with Gasteiger partial charge in [0.05, 0.1) is 11.8 Å². The monoisotopic (exact) mass is 302 g/mol. The number of thiocarbonyl (C=S) groups is 1. The number of hydrazone groups is 1. The minimum absolute atomic E-state index is 0.0203. The zero-order chi connectivity index (χ0) is 15.8. The minimum Gasteiger partial charge on any atom is -0.375 e. The lowest BCUT2D eigenvalue weighted by Crippen LogP contribution is -2.42. The summed E-state index contributed by atoms with van der Waals surface area (Å²) in [6, 6.07) is 4.36. The molecule has 1 heterocycles. The second kappa shape index (κ2) is 5.48. The number of anilines is 1. The second-order valence-corrected chi connectivity index (χ2v) is 6.44. The Morgan fingerprint density at radius 1 is 1.38 bits per heavy atom. The number of allylic oxidation sites excluding steroid dienone is 1. The summed E-state index contributed by atoms with van der Waals surface area (Å²) in [4.78, 5) is 2.30. The molecule has 3 N–H and O–H groups in total. The summed E-state index contributed by atoms with van der Waals surface area (Å²) < 4.78 is 0. The molecule has 0 atom stereocenters. The van der Waals surface area contributed by atoms with Crippen LogP contribution in [-0.4, -0.2) is 23.9 Å². The molecule has 1 aromatic rings. The first-order valence-corrected chi connectivity index (χ1v) is 7.30. The van der Waals surface area contributed by atoms with Crippen molar-refractivity contribution in [3.8, 4) is 0 Å². The number of likely N-dealkylation sites (N-methyl/N-ethyl adjacent to an activating group) is 1. The van der Waals surface area contributed by atoms with E-state index in [2.05, 4.69) is 68.4 Å². The third-order valence-corrected chi connectivity index (χ3v) is 4.07. The van der Waals surface area contributed by atoms with Gasteiger partial charge in [-0.3, -0.25) is 5.43 Å². The van der Waals surface area contributed by atoms with Crippen LogP contribution in [0.2, 0.25) is 0 Å². The number of rotatable bonds is 2. The van der Waals surface area contributed by atoms with Crippen LogP contribution in [0.4, 0.5) is 5.69 Å². The fraction of sp³-hybridized carbons (Fsp3) is 0.375. The summed E-state index contributed by atoms with van der Waals surface area (Å²) in [5.41, 5.74) is 14.0. The van der Waals surface area contributed by atoms with Crippen LogP contribution in [0, 0.1) is 6.92 Å². The summed E-state index contributed by atoms with van der Waals surface area (Å²) in [6.45, 7) is 8.67. The van der Waals surface area contributed by atoms with Gasteiger partial charge < -0.3 is 10.6 Å². The molecule has 0 fully saturated rings. The first-order chi connectivity index (χ1) is 9.72. The molecule has 2 rings (SSSR count). The quantitative estimate of drug-likeness (QED) is 0.501. The van der Waals surface area contributed by atoms with Gasteiger partial charge in [0.1, 0.15) is 0 Å². The van der Waals surface area contributed by atoms with Gasteiger partial charge >= 0.3 is 0 Å². The van der Waals surface area contributed by atoms with Crippen molar-refractivity contribution >= 4 is 34.8 Å². The zero-order valence-corrected chi connectivity index (χ0v) is 14.0. The van der Waals surface area contributed by atoms with E-state index < -0.39 is 0 Å². The van der Waals surface area contributed by atoms with Gasteiger partial charge in [-0.25, -0.2) is 0 Å². The summed E-state index contributed by atoms with van der Waals surface area (Å²) in [6.07, 6.45) is 4.04. The van der Waals surface area contributed by atoms with Gasteiger partial charge in [0.15, 0.2) is 5.11 Å². The highest BCUT2D eigenvalue weighted by atomic mass is 32.1. The average molecular weight is 302 g/mol. The Hall–Kier alpha value is -1.88. The van der Waals surface area contributed by atoms with Crippen LogP contribution in [0.1, 0.15) is 37.5 Å². The molecule has 1 aliphatic rings. The largest absolute Gasteiger partial charge is 0.375 e. The molecule has 1 aliphatic heterocycles. The number of benzene rings is 1. The molecule has 0 saturated heterocycles. The van der Waals surface area contributed by atoms with Gasteiger partial charge in [0.2, 0.25) is 0 Å². The van der Waals surface area contributed by atoms with Gasteiger partial charge in [-0.05, 0) is 68.7 Å². The van der Waals surface area contributed by atoms with E-state index in [9.17, 15) is 0 Å². The third-order valence-electron chi connectivity index (χ3n) is 3.98. The van der Waals surface area contributed by atoms with Crippen molar-refractivity contribution in [2.45, 2.75) is 33.2 Å². The maximum atomic E-state index is 5.37. The summed E-state index contributed by atoms with van der Waals surface area (Å²) in [5, 5.41) is 4.22. The fourth-order valence-electron chi connectivity index (χ4n) is 2.62. The highest BCUT2D eigenvalue weighted by Gasteiger charge is 2.28. The van der Waals surface area contributed by atoms with Gasteiger partial charge in [-0.15, -0.1) is 0 Å². The molecule has 112 valence electrons. The molecule has 4 nitrogen and oxygen atoms in total. The maximum Gasteiger partial charge on any atom is 0.184 e. The van der Waals surface area contributed by atoms with E-state index in [-0.39, 0.29) is 10.7 Å². The Morgan fingerprint density at radius 3 is 2.67 bits per heavy atom. The van der Waals surface area contributed by atoms with E-state index in [1.807, 2.05) is 0 Å². The van der Waals surface area contributed by atoms with Gasteiger partial charge in [-0.2, -0.15) is 5.10 Å². The van der Waals surface area contributed by atoms with E-state index in [0.29, 0.717) is 0 Å². The first-order valence-electron chi connectivity index (χ1n) is 6.89. The summed E-state index contributed by atoms with van der Waals surface area (Å²) >= 11 is 4.74. The summed E-state index contributed by atoms with van der Waals surface area (Å²) in [5.74, 6) is 0. The molecule has 1 aromatic carbocycles. The van der Waals surface area contributed by atoms with Crippen molar-refractivity contribution in [3.05, 3.63) is 34.9 Å². The molecule has 0 radical (unpaired) electrons. The van der Waals surface area contributed by atoms with Crippen LogP contribution in [-0.2, 0) is 0 Å². The van der Waals surface area contributed by atoms with Crippen LogP contribution >= 0.6 is 12.2 Å². The lowest BCUT2D eigenvalue weighted by atomic mass is 9.87. The molecular weight excluding hydrogens is 280 g/mol. The summed E-state index contributed by atoms with van der Waals surface area (Å²) in [7, 11) is 2.13. The van der Waals surface area contributed by atoms with E-state index in [1.54, 1.807) is 6.21 Å². The molecule has 5 heteroatoms. The van der Waals surface area contributed by atoms with Crippen LogP contribution in [0.5, 0.6) is 0 Å². The lowest BCUT2D eigenvalue weighted by molar-refractivity contribution is 0.597. The molecule has 0 unspecified atom stereocenters. The lowest BCUT2D eigenvalue weighted by Gasteiger charge is -2.41. The SMILES string of the molecule is CC1=CC(C)(C)N(C)c2cc(C)c(/C=N/NC(N)=S)cc21. The number of aryl methyl sites for hydroxylation is 1. The van der Waals surface area contributed by atoms with E-state index in [1.165, 1.54) is 22.4 Å². The highest BCUT2D eigenvalue weighted by molar-refractivity contribution is 7.80.